The summed E-state index contributed by atoms with van der Waals surface area (Å²) in [4.78, 5) is 24.0. The average molecular weight is 452 g/mol. The van der Waals surface area contributed by atoms with Crippen LogP contribution in [0.4, 0.5) is 4.79 Å². The van der Waals surface area contributed by atoms with Gasteiger partial charge in [-0.2, -0.15) is 0 Å². The number of rotatable bonds is 7. The van der Waals surface area contributed by atoms with Gasteiger partial charge in [-0.15, -0.1) is 0 Å². The van der Waals surface area contributed by atoms with E-state index in [-0.39, 0.29) is 18.9 Å². The maximum atomic E-state index is 12.6. The Morgan fingerprint density at radius 3 is 2.22 bits per heavy atom. The first kappa shape index (κ1) is 21.7. The molecule has 0 saturated carbocycles. The molecule has 2 N–H and O–H groups in total. The summed E-state index contributed by atoms with van der Waals surface area (Å²) in [6.45, 7) is 0.142. The van der Waals surface area contributed by atoms with E-state index in [0.29, 0.717) is 16.3 Å². The summed E-state index contributed by atoms with van der Waals surface area (Å²) in [7, 11) is 1.49. The third-order valence-corrected chi connectivity index (χ3v) is 5.89. The first-order valence-electron chi connectivity index (χ1n) is 10.1. The van der Waals surface area contributed by atoms with Crippen LogP contribution in [0.1, 0.15) is 35.1 Å². The molecule has 0 bridgehead atoms. The van der Waals surface area contributed by atoms with Gasteiger partial charge in [0, 0.05) is 5.92 Å². The van der Waals surface area contributed by atoms with Crippen molar-refractivity contribution in [2.45, 2.75) is 18.4 Å². The van der Waals surface area contributed by atoms with Crippen molar-refractivity contribution in [1.82, 2.24) is 5.32 Å². The number of benzene rings is 3. The van der Waals surface area contributed by atoms with Gasteiger partial charge in [0.05, 0.1) is 24.6 Å². The number of fused-ring (bicyclic) bond motifs is 3. The number of carboxylic acids is 1. The number of halogens is 1. The van der Waals surface area contributed by atoms with Gasteiger partial charge in [-0.05, 0) is 39.9 Å². The van der Waals surface area contributed by atoms with Crippen molar-refractivity contribution in [2.75, 3.05) is 13.7 Å². The number of amides is 1. The quantitative estimate of drug-likeness (QED) is 0.502. The highest BCUT2D eigenvalue weighted by Gasteiger charge is 2.29. The number of carboxylic acid groups (broad SMARTS) is 1. The van der Waals surface area contributed by atoms with Crippen LogP contribution in [0.3, 0.4) is 0 Å². The van der Waals surface area contributed by atoms with E-state index in [4.69, 9.17) is 21.1 Å². The van der Waals surface area contributed by atoms with Crippen molar-refractivity contribution in [3.63, 3.8) is 0 Å². The number of nitrogens with one attached hydrogen (secondary N) is 1. The lowest BCUT2D eigenvalue weighted by Crippen LogP contribution is -2.31. The molecular weight excluding hydrogens is 430 g/mol. The predicted molar refractivity (Wildman–Crippen MR) is 121 cm³/mol. The van der Waals surface area contributed by atoms with E-state index in [1.165, 1.54) is 7.11 Å². The third kappa shape index (κ3) is 4.41. The van der Waals surface area contributed by atoms with E-state index in [2.05, 4.69) is 17.4 Å². The van der Waals surface area contributed by atoms with E-state index >= 15 is 0 Å². The first-order valence-corrected chi connectivity index (χ1v) is 10.5. The Morgan fingerprint density at radius 2 is 1.66 bits per heavy atom. The van der Waals surface area contributed by atoms with E-state index < -0.39 is 18.1 Å². The number of ether oxygens (including phenoxy) is 2. The van der Waals surface area contributed by atoms with Gasteiger partial charge in [0.1, 0.15) is 12.4 Å². The Hall–Kier alpha value is -3.51. The van der Waals surface area contributed by atoms with Gasteiger partial charge in [0.25, 0.3) is 0 Å². The first-order chi connectivity index (χ1) is 15.5. The molecule has 1 aliphatic rings. The molecule has 164 valence electrons. The van der Waals surface area contributed by atoms with Crippen LogP contribution < -0.4 is 10.1 Å². The molecule has 0 spiro atoms. The number of hydrogen-bond donors (Lipinski definition) is 2. The average Bonchev–Trinajstić information content (AvgIpc) is 3.10. The van der Waals surface area contributed by atoms with Crippen LogP contribution in [-0.2, 0) is 9.53 Å². The molecular formula is C25H22ClNO5. The summed E-state index contributed by atoms with van der Waals surface area (Å²) < 4.78 is 10.7. The van der Waals surface area contributed by atoms with Crippen LogP contribution in [0.25, 0.3) is 11.1 Å². The van der Waals surface area contributed by atoms with Crippen molar-refractivity contribution in [3.05, 3.63) is 88.4 Å². The Labute approximate surface area is 190 Å². The Balaban J connectivity index is 1.48. The number of alkyl carbamates (subject to hydrolysis) is 1. The topological polar surface area (TPSA) is 84.9 Å². The number of hydrogen-bond acceptors (Lipinski definition) is 4. The summed E-state index contributed by atoms with van der Waals surface area (Å²) in [5, 5.41) is 12.3. The number of aliphatic carboxylic acids is 1. The summed E-state index contributed by atoms with van der Waals surface area (Å²) in [6, 6.07) is 20.2. The van der Waals surface area contributed by atoms with E-state index in [1.807, 2.05) is 36.4 Å². The summed E-state index contributed by atoms with van der Waals surface area (Å²) in [6.07, 6.45) is -1.00. The van der Waals surface area contributed by atoms with Crippen molar-refractivity contribution < 1.29 is 24.2 Å². The molecule has 1 atom stereocenters. The maximum absolute atomic E-state index is 12.6. The molecule has 0 aromatic heterocycles. The van der Waals surface area contributed by atoms with Gasteiger partial charge in [0.15, 0.2) is 0 Å². The van der Waals surface area contributed by atoms with E-state index in [1.54, 1.807) is 18.2 Å². The molecule has 32 heavy (non-hydrogen) atoms. The normalized spacial score (nSPS) is 13.1. The zero-order chi connectivity index (χ0) is 22.7. The lowest BCUT2D eigenvalue weighted by atomic mass is 9.98. The second-order valence-corrected chi connectivity index (χ2v) is 7.92. The second kappa shape index (κ2) is 9.32. The van der Waals surface area contributed by atoms with Gasteiger partial charge in [-0.25, -0.2) is 4.79 Å². The zero-order valence-corrected chi connectivity index (χ0v) is 18.1. The van der Waals surface area contributed by atoms with Gasteiger partial charge < -0.3 is 19.9 Å². The molecule has 4 rings (SSSR count). The molecule has 0 aliphatic heterocycles. The van der Waals surface area contributed by atoms with Crippen LogP contribution in [0.15, 0.2) is 66.7 Å². The minimum absolute atomic E-state index is 0.0819. The highest BCUT2D eigenvalue weighted by Crippen LogP contribution is 2.44. The van der Waals surface area contributed by atoms with E-state index in [0.717, 1.165) is 22.3 Å². The maximum Gasteiger partial charge on any atom is 0.407 e. The number of carbonyl (C=O) groups is 2. The standard InChI is InChI=1S/C25H22ClNO5/c1-31-23-11-10-15(12-21(23)26)22(13-24(28)29)27-25(30)32-14-20-18-8-4-2-6-16(18)17-7-3-5-9-19(17)20/h2-12,20,22H,13-14H2,1H3,(H,27,30)(H,28,29)/t22-/m0/s1. The third-order valence-electron chi connectivity index (χ3n) is 5.59. The Morgan fingerprint density at radius 1 is 1.03 bits per heavy atom. The lowest BCUT2D eigenvalue weighted by Gasteiger charge is -2.20. The van der Waals surface area contributed by atoms with Crippen molar-refractivity contribution in [2.24, 2.45) is 0 Å². The highest BCUT2D eigenvalue weighted by molar-refractivity contribution is 6.32. The molecule has 3 aromatic rings. The molecule has 3 aromatic carbocycles. The van der Waals surface area contributed by atoms with Crippen LogP contribution in [-0.4, -0.2) is 30.9 Å². The zero-order valence-electron chi connectivity index (χ0n) is 17.4. The fourth-order valence-corrected chi connectivity index (χ4v) is 4.37. The van der Waals surface area contributed by atoms with Gasteiger partial charge >= 0.3 is 12.1 Å². The van der Waals surface area contributed by atoms with Crippen LogP contribution >= 0.6 is 11.6 Å². The van der Waals surface area contributed by atoms with Crippen LogP contribution in [0, 0.1) is 0 Å². The molecule has 7 heteroatoms. The summed E-state index contributed by atoms with van der Waals surface area (Å²) in [5.41, 5.74) is 5.02. The monoisotopic (exact) mass is 451 g/mol. The Kier molecular flexibility index (Phi) is 6.32. The van der Waals surface area contributed by atoms with Crippen LogP contribution in [0.5, 0.6) is 5.75 Å². The fourth-order valence-electron chi connectivity index (χ4n) is 4.11. The summed E-state index contributed by atoms with van der Waals surface area (Å²) >= 11 is 6.17. The molecule has 0 unspecified atom stereocenters. The predicted octanol–water partition coefficient (Wildman–Crippen LogP) is 5.40. The SMILES string of the molecule is COc1ccc([C@H](CC(=O)O)NC(=O)OCC2c3ccccc3-c3ccccc32)cc1Cl. The Bertz CT molecular complexity index is 1120. The fraction of sp³-hybridized carbons (Fsp3) is 0.200. The second-order valence-electron chi connectivity index (χ2n) is 7.51. The number of carbonyl (C=O) groups excluding carboxylic acids is 1. The lowest BCUT2D eigenvalue weighted by molar-refractivity contribution is -0.137. The molecule has 0 saturated heterocycles. The van der Waals surface area contributed by atoms with Gasteiger partial charge in [-0.1, -0.05) is 66.2 Å². The molecule has 0 heterocycles. The summed E-state index contributed by atoms with van der Waals surface area (Å²) in [5.74, 6) is -0.673. The van der Waals surface area contributed by atoms with Crippen molar-refractivity contribution in [1.29, 1.82) is 0 Å². The molecule has 6 nitrogen and oxygen atoms in total. The highest BCUT2D eigenvalue weighted by atomic mass is 35.5. The minimum atomic E-state index is -1.05. The van der Waals surface area contributed by atoms with E-state index in [9.17, 15) is 14.7 Å². The molecule has 0 fully saturated rings. The van der Waals surface area contributed by atoms with Crippen LogP contribution in [0.2, 0.25) is 5.02 Å². The minimum Gasteiger partial charge on any atom is -0.495 e. The molecule has 1 amide bonds. The van der Waals surface area contributed by atoms with Crippen molar-refractivity contribution >= 4 is 23.7 Å². The molecule has 0 radical (unpaired) electrons. The number of methoxy groups -OCH3 is 1. The smallest absolute Gasteiger partial charge is 0.407 e. The molecule has 1 aliphatic carbocycles. The van der Waals surface area contributed by atoms with Gasteiger partial charge in [-0.3, -0.25) is 4.79 Å². The van der Waals surface area contributed by atoms with Gasteiger partial charge in [0.2, 0.25) is 0 Å². The largest absolute Gasteiger partial charge is 0.495 e. The van der Waals surface area contributed by atoms with Crippen molar-refractivity contribution in [3.8, 4) is 16.9 Å².